The van der Waals surface area contributed by atoms with Gasteiger partial charge in [0, 0.05) is 6.07 Å². The van der Waals surface area contributed by atoms with Gasteiger partial charge >= 0.3 is 6.09 Å². The summed E-state index contributed by atoms with van der Waals surface area (Å²) in [5.74, 6) is 0.368. The molecular weight excluding hydrogens is 186 g/mol. The van der Waals surface area contributed by atoms with Crippen LogP contribution >= 0.6 is 0 Å². The van der Waals surface area contributed by atoms with Crippen LogP contribution in [0, 0.1) is 0 Å². The first-order chi connectivity index (χ1) is 6.37. The lowest BCUT2D eigenvalue weighted by molar-refractivity contribution is 0.0634. The van der Waals surface area contributed by atoms with Crippen molar-refractivity contribution in [2.45, 2.75) is 26.4 Å². The Balaban J connectivity index is 2.50. The fourth-order valence-corrected chi connectivity index (χ4v) is 0.756. The molecule has 14 heavy (non-hydrogen) atoms. The second kappa shape index (κ2) is 3.57. The topological polar surface area (TPSA) is 90.4 Å². The first-order valence-corrected chi connectivity index (χ1v) is 4.09. The van der Waals surface area contributed by atoms with E-state index in [1.165, 1.54) is 6.07 Å². The second-order valence-corrected chi connectivity index (χ2v) is 3.74. The van der Waals surface area contributed by atoms with Crippen LogP contribution in [0.15, 0.2) is 10.6 Å². The van der Waals surface area contributed by atoms with Crippen molar-refractivity contribution in [1.29, 1.82) is 0 Å². The van der Waals surface area contributed by atoms with Gasteiger partial charge in [-0.3, -0.25) is 5.32 Å². The van der Waals surface area contributed by atoms with Crippen molar-refractivity contribution >= 4 is 17.8 Å². The molecule has 0 aliphatic heterocycles. The normalized spacial score (nSPS) is 11.1. The van der Waals surface area contributed by atoms with Gasteiger partial charge in [-0.15, -0.1) is 0 Å². The summed E-state index contributed by atoms with van der Waals surface area (Å²) in [6.45, 7) is 5.30. The average Bonchev–Trinajstić information content (AvgIpc) is 2.30. The molecule has 6 heteroatoms. The van der Waals surface area contributed by atoms with Gasteiger partial charge in [-0.2, -0.15) is 0 Å². The van der Waals surface area contributed by atoms with Crippen LogP contribution in [0.5, 0.6) is 0 Å². The molecule has 0 atom stereocenters. The molecule has 0 aliphatic rings. The van der Waals surface area contributed by atoms with Crippen molar-refractivity contribution < 1.29 is 14.1 Å². The number of anilines is 2. The number of amides is 1. The minimum absolute atomic E-state index is 0.135. The number of carbonyl (C=O) groups is 1. The molecule has 6 nitrogen and oxygen atoms in total. The Morgan fingerprint density at radius 1 is 1.64 bits per heavy atom. The Morgan fingerprint density at radius 3 is 2.71 bits per heavy atom. The van der Waals surface area contributed by atoms with E-state index in [0.29, 0.717) is 0 Å². The maximum atomic E-state index is 11.2. The van der Waals surface area contributed by atoms with Crippen molar-refractivity contribution in [3.63, 3.8) is 0 Å². The number of aromatic nitrogens is 1. The first kappa shape index (κ1) is 10.4. The monoisotopic (exact) mass is 199 g/mol. The number of rotatable bonds is 1. The molecule has 78 valence electrons. The number of hydrogen-bond donors (Lipinski definition) is 2. The van der Waals surface area contributed by atoms with E-state index in [9.17, 15) is 4.79 Å². The van der Waals surface area contributed by atoms with Crippen LogP contribution < -0.4 is 11.1 Å². The highest BCUT2D eigenvalue weighted by molar-refractivity contribution is 5.83. The summed E-state index contributed by atoms with van der Waals surface area (Å²) in [6, 6.07) is 1.39. The number of nitrogen functional groups attached to an aromatic ring is 1. The van der Waals surface area contributed by atoms with E-state index >= 15 is 0 Å². The van der Waals surface area contributed by atoms with Crippen molar-refractivity contribution in [3.05, 3.63) is 6.07 Å². The number of nitrogens with one attached hydrogen (secondary N) is 1. The van der Waals surface area contributed by atoms with Gasteiger partial charge in [-0.25, -0.2) is 4.79 Å². The van der Waals surface area contributed by atoms with Crippen LogP contribution in [-0.4, -0.2) is 16.9 Å². The fraction of sp³-hybridized carbons (Fsp3) is 0.500. The number of ether oxygens (including phenoxy) is 1. The van der Waals surface area contributed by atoms with Gasteiger partial charge in [-0.1, -0.05) is 5.16 Å². The predicted molar refractivity (Wildman–Crippen MR) is 50.8 cm³/mol. The largest absolute Gasteiger partial charge is 0.444 e. The van der Waals surface area contributed by atoms with E-state index in [-0.39, 0.29) is 11.7 Å². The molecule has 0 bridgehead atoms. The zero-order valence-corrected chi connectivity index (χ0v) is 8.33. The Kier molecular flexibility index (Phi) is 2.64. The van der Waals surface area contributed by atoms with Crippen molar-refractivity contribution in [2.24, 2.45) is 0 Å². The lowest BCUT2D eigenvalue weighted by Crippen LogP contribution is -2.27. The zero-order valence-electron chi connectivity index (χ0n) is 8.33. The maximum absolute atomic E-state index is 11.2. The summed E-state index contributed by atoms with van der Waals surface area (Å²) in [5, 5.41) is 5.85. The molecule has 3 N–H and O–H groups in total. The molecule has 0 aromatic carbocycles. The fourth-order valence-electron chi connectivity index (χ4n) is 0.756. The minimum Gasteiger partial charge on any atom is -0.444 e. The Morgan fingerprint density at radius 2 is 2.29 bits per heavy atom. The third kappa shape index (κ3) is 3.34. The molecule has 0 spiro atoms. The SMILES string of the molecule is CC(C)(C)OC(=O)Nc1cc(N)on1. The summed E-state index contributed by atoms with van der Waals surface area (Å²) in [5.41, 5.74) is 4.72. The maximum Gasteiger partial charge on any atom is 0.413 e. The molecule has 1 aromatic rings. The molecule has 0 fully saturated rings. The van der Waals surface area contributed by atoms with Gasteiger partial charge in [0.25, 0.3) is 0 Å². The molecule has 1 aromatic heterocycles. The second-order valence-electron chi connectivity index (χ2n) is 3.74. The molecule has 1 rings (SSSR count). The highest BCUT2D eigenvalue weighted by Crippen LogP contribution is 2.12. The molecule has 1 amide bonds. The average molecular weight is 199 g/mol. The van der Waals surface area contributed by atoms with Gasteiger partial charge in [0.15, 0.2) is 5.82 Å². The lowest BCUT2D eigenvalue weighted by Gasteiger charge is -2.18. The van der Waals surface area contributed by atoms with E-state index in [4.69, 9.17) is 10.5 Å². The summed E-state index contributed by atoms with van der Waals surface area (Å²) in [7, 11) is 0. The summed E-state index contributed by atoms with van der Waals surface area (Å²) >= 11 is 0. The van der Waals surface area contributed by atoms with E-state index in [2.05, 4.69) is 15.0 Å². The van der Waals surface area contributed by atoms with E-state index in [1.807, 2.05) is 0 Å². The summed E-state index contributed by atoms with van der Waals surface area (Å²) in [4.78, 5) is 11.2. The van der Waals surface area contributed by atoms with Crippen molar-refractivity contribution in [1.82, 2.24) is 5.16 Å². The Hall–Kier alpha value is -1.72. The third-order valence-corrected chi connectivity index (χ3v) is 1.16. The number of nitrogens with two attached hydrogens (primary N) is 1. The quantitative estimate of drug-likeness (QED) is 0.716. The van der Waals surface area contributed by atoms with Crippen LogP contribution in [-0.2, 0) is 4.74 Å². The number of nitrogens with zero attached hydrogens (tertiary/aromatic N) is 1. The smallest absolute Gasteiger partial charge is 0.413 e. The predicted octanol–water partition coefficient (Wildman–Crippen LogP) is 1.60. The highest BCUT2D eigenvalue weighted by atomic mass is 16.6. The van der Waals surface area contributed by atoms with Crippen LogP contribution in [0.4, 0.5) is 16.5 Å². The molecular formula is C8H13N3O3. The van der Waals surface area contributed by atoms with Crippen molar-refractivity contribution in [2.75, 3.05) is 11.1 Å². The molecule has 0 aliphatic carbocycles. The van der Waals surface area contributed by atoms with Gasteiger partial charge in [-0.05, 0) is 20.8 Å². The van der Waals surface area contributed by atoms with Crippen LogP contribution in [0.3, 0.4) is 0 Å². The number of hydrogen-bond acceptors (Lipinski definition) is 5. The zero-order chi connectivity index (χ0) is 10.8. The lowest BCUT2D eigenvalue weighted by atomic mass is 10.2. The van der Waals surface area contributed by atoms with Gasteiger partial charge < -0.3 is 15.0 Å². The van der Waals surface area contributed by atoms with Gasteiger partial charge in [0.1, 0.15) is 5.60 Å². The van der Waals surface area contributed by atoms with Gasteiger partial charge in [0.05, 0.1) is 0 Å². The van der Waals surface area contributed by atoms with Gasteiger partial charge in [0.2, 0.25) is 5.88 Å². The number of carbonyl (C=O) groups excluding carboxylic acids is 1. The standard InChI is InChI=1S/C8H13N3O3/c1-8(2,3)13-7(12)10-6-4-5(9)14-11-6/h4H,9H2,1-3H3,(H,10,11,12). The molecule has 0 unspecified atom stereocenters. The summed E-state index contributed by atoms with van der Waals surface area (Å²) in [6.07, 6.45) is -0.592. The van der Waals surface area contributed by atoms with Crippen LogP contribution in [0.1, 0.15) is 20.8 Å². The van der Waals surface area contributed by atoms with E-state index in [1.54, 1.807) is 20.8 Å². The minimum atomic E-state index is -0.592. The Labute approximate surface area is 81.4 Å². The summed E-state index contributed by atoms with van der Waals surface area (Å²) < 4.78 is 9.53. The van der Waals surface area contributed by atoms with E-state index in [0.717, 1.165) is 0 Å². The Bertz CT molecular complexity index is 327. The van der Waals surface area contributed by atoms with E-state index < -0.39 is 11.7 Å². The molecule has 1 heterocycles. The van der Waals surface area contributed by atoms with Crippen molar-refractivity contribution in [3.8, 4) is 0 Å². The van der Waals surface area contributed by atoms with Crippen LogP contribution in [0.2, 0.25) is 0 Å². The first-order valence-electron chi connectivity index (χ1n) is 4.09. The highest BCUT2D eigenvalue weighted by Gasteiger charge is 2.17. The molecule has 0 saturated heterocycles. The molecule has 0 saturated carbocycles. The van der Waals surface area contributed by atoms with Crippen LogP contribution in [0.25, 0.3) is 0 Å². The third-order valence-electron chi connectivity index (χ3n) is 1.16. The molecule has 0 radical (unpaired) electrons.